The van der Waals surface area contributed by atoms with Crippen molar-refractivity contribution in [2.75, 3.05) is 0 Å². The third-order valence-electron chi connectivity index (χ3n) is 4.43. The van der Waals surface area contributed by atoms with Crippen LogP contribution >= 0.6 is 34.3 Å². The van der Waals surface area contributed by atoms with Crippen LogP contribution in [0.15, 0.2) is 54.6 Å². The molecule has 0 aliphatic rings. The van der Waals surface area contributed by atoms with Crippen LogP contribution in [0.3, 0.4) is 0 Å². The zero-order valence-electron chi connectivity index (χ0n) is 15.7. The Kier molecular flexibility index (Phi) is 5.92. The molecule has 10 heteroatoms. The molecule has 0 spiro atoms. The fourth-order valence-corrected chi connectivity index (χ4v) is 5.14. The molecule has 4 rings (SSSR count). The van der Waals surface area contributed by atoms with Crippen molar-refractivity contribution in [1.82, 2.24) is 9.78 Å². The predicted octanol–water partition coefficient (Wildman–Crippen LogP) is 6.69. The van der Waals surface area contributed by atoms with Crippen molar-refractivity contribution in [2.45, 2.75) is 19.1 Å². The average Bonchev–Trinajstić information content (AvgIpc) is 3.41. The number of hydrogen-bond acceptors (Lipinski definition) is 4. The molecule has 1 N–H and O–H groups in total. The molecule has 0 fully saturated rings. The first-order valence-corrected chi connectivity index (χ1v) is 11.0. The Morgan fingerprint density at radius 1 is 1.06 bits per heavy atom. The van der Waals surface area contributed by atoms with Gasteiger partial charge in [0.1, 0.15) is 11.4 Å². The molecule has 0 aliphatic carbocycles. The van der Waals surface area contributed by atoms with Crippen LogP contribution in [0, 0.1) is 0 Å². The standard InChI is InChI=1S/C21H14ClF3N2O2S2/c22-19-7-4-14(30-19)11-27-18(21(23,24)25)10-15(26-27)17-6-5-16(31-17)13-3-1-2-12(8-13)9-20(28)29/h1-8,10H,9,11H2,(H,28,29). The van der Waals surface area contributed by atoms with E-state index in [0.717, 1.165) is 21.2 Å². The molecule has 0 saturated heterocycles. The van der Waals surface area contributed by atoms with Gasteiger partial charge in [0.05, 0.1) is 22.2 Å². The van der Waals surface area contributed by atoms with E-state index in [1.807, 2.05) is 6.07 Å². The number of thiophene rings is 2. The Morgan fingerprint density at radius 2 is 1.84 bits per heavy atom. The highest BCUT2D eigenvalue weighted by Crippen LogP contribution is 2.38. The second-order valence-corrected chi connectivity index (χ2v) is 9.59. The third kappa shape index (κ3) is 5.00. The summed E-state index contributed by atoms with van der Waals surface area (Å²) in [7, 11) is 0. The molecule has 4 nitrogen and oxygen atoms in total. The van der Waals surface area contributed by atoms with E-state index in [1.165, 1.54) is 22.7 Å². The smallest absolute Gasteiger partial charge is 0.433 e. The van der Waals surface area contributed by atoms with Crippen molar-refractivity contribution in [3.63, 3.8) is 0 Å². The molecule has 31 heavy (non-hydrogen) atoms. The summed E-state index contributed by atoms with van der Waals surface area (Å²) in [6.45, 7) is -0.0261. The van der Waals surface area contributed by atoms with Crippen LogP contribution in [0.5, 0.6) is 0 Å². The number of carboxylic acids is 1. The topological polar surface area (TPSA) is 55.1 Å². The van der Waals surface area contributed by atoms with Crippen molar-refractivity contribution in [3.05, 3.63) is 75.1 Å². The lowest BCUT2D eigenvalue weighted by Gasteiger charge is -2.08. The molecule has 3 aromatic heterocycles. The number of alkyl halides is 3. The zero-order valence-corrected chi connectivity index (χ0v) is 18.1. The number of aromatic nitrogens is 2. The van der Waals surface area contributed by atoms with E-state index >= 15 is 0 Å². The largest absolute Gasteiger partial charge is 0.481 e. The number of carboxylic acid groups (broad SMARTS) is 1. The van der Waals surface area contributed by atoms with Crippen LogP contribution in [0.2, 0.25) is 4.34 Å². The van der Waals surface area contributed by atoms with Gasteiger partial charge in [0.2, 0.25) is 0 Å². The summed E-state index contributed by atoms with van der Waals surface area (Å²) in [5.74, 6) is -0.929. The second-order valence-electron chi connectivity index (χ2n) is 6.71. The second kappa shape index (κ2) is 8.49. The molecule has 3 heterocycles. The summed E-state index contributed by atoms with van der Waals surface area (Å²) in [5, 5.41) is 13.2. The number of benzene rings is 1. The summed E-state index contributed by atoms with van der Waals surface area (Å²) in [4.78, 5) is 13.0. The van der Waals surface area contributed by atoms with E-state index in [1.54, 1.807) is 42.5 Å². The van der Waals surface area contributed by atoms with Crippen LogP contribution in [0.4, 0.5) is 13.2 Å². The minimum atomic E-state index is -4.54. The maximum atomic E-state index is 13.6. The zero-order chi connectivity index (χ0) is 22.2. The molecule has 0 atom stereocenters. The van der Waals surface area contributed by atoms with Gasteiger partial charge in [-0.05, 0) is 47.5 Å². The van der Waals surface area contributed by atoms with Crippen molar-refractivity contribution in [3.8, 4) is 21.0 Å². The molecule has 1 aromatic carbocycles. The Bertz CT molecular complexity index is 1240. The number of rotatable bonds is 6. The van der Waals surface area contributed by atoms with Gasteiger partial charge in [0.15, 0.2) is 0 Å². The van der Waals surface area contributed by atoms with Gasteiger partial charge in [-0.1, -0.05) is 29.8 Å². The van der Waals surface area contributed by atoms with Gasteiger partial charge in [-0.3, -0.25) is 9.48 Å². The van der Waals surface area contributed by atoms with Gasteiger partial charge in [-0.15, -0.1) is 22.7 Å². The number of aliphatic carboxylic acids is 1. The molecule has 0 saturated carbocycles. The Hall–Kier alpha value is -2.62. The van der Waals surface area contributed by atoms with E-state index in [-0.39, 0.29) is 18.7 Å². The number of halogens is 4. The molecule has 0 aliphatic heterocycles. The normalized spacial score (nSPS) is 11.7. The summed E-state index contributed by atoms with van der Waals surface area (Å²) in [5.41, 5.74) is 0.857. The lowest BCUT2D eigenvalue weighted by atomic mass is 10.1. The predicted molar refractivity (Wildman–Crippen MR) is 116 cm³/mol. The van der Waals surface area contributed by atoms with Crippen molar-refractivity contribution >= 4 is 40.2 Å². The quantitative estimate of drug-likeness (QED) is 0.333. The van der Waals surface area contributed by atoms with Gasteiger partial charge in [-0.25, -0.2) is 0 Å². The lowest BCUT2D eigenvalue weighted by molar-refractivity contribution is -0.144. The molecular weight excluding hydrogens is 469 g/mol. The van der Waals surface area contributed by atoms with E-state index in [2.05, 4.69) is 5.10 Å². The Morgan fingerprint density at radius 3 is 2.52 bits per heavy atom. The monoisotopic (exact) mass is 482 g/mol. The highest BCUT2D eigenvalue weighted by atomic mass is 35.5. The van der Waals surface area contributed by atoms with Crippen LogP contribution in [-0.4, -0.2) is 20.9 Å². The van der Waals surface area contributed by atoms with E-state index in [0.29, 0.717) is 19.7 Å². The van der Waals surface area contributed by atoms with Crippen molar-refractivity contribution in [1.29, 1.82) is 0 Å². The first kappa shape index (κ1) is 21.6. The van der Waals surface area contributed by atoms with Crippen LogP contribution in [0.25, 0.3) is 21.0 Å². The summed E-state index contributed by atoms with van der Waals surface area (Å²) < 4.78 is 42.2. The molecule has 160 valence electrons. The molecular formula is C21H14ClF3N2O2S2. The van der Waals surface area contributed by atoms with E-state index < -0.39 is 17.8 Å². The fourth-order valence-electron chi connectivity index (χ4n) is 3.11. The van der Waals surface area contributed by atoms with Gasteiger partial charge < -0.3 is 5.11 Å². The van der Waals surface area contributed by atoms with Crippen molar-refractivity contribution < 1.29 is 23.1 Å². The van der Waals surface area contributed by atoms with Crippen LogP contribution in [-0.2, 0) is 23.9 Å². The highest BCUT2D eigenvalue weighted by Gasteiger charge is 2.36. The molecule has 0 unspecified atom stereocenters. The third-order valence-corrected chi connectivity index (χ3v) is 6.80. The fraction of sp³-hybridized carbons (Fsp3) is 0.143. The lowest BCUT2D eigenvalue weighted by Crippen LogP contribution is -2.14. The summed E-state index contributed by atoms with van der Waals surface area (Å²) in [6.07, 6.45) is -4.64. The summed E-state index contributed by atoms with van der Waals surface area (Å²) in [6, 6.07) is 15.0. The Balaban J connectivity index is 1.66. The minimum absolute atomic E-state index is 0.0261. The minimum Gasteiger partial charge on any atom is -0.481 e. The first-order valence-electron chi connectivity index (χ1n) is 8.99. The maximum Gasteiger partial charge on any atom is 0.433 e. The maximum absolute atomic E-state index is 13.6. The van der Waals surface area contributed by atoms with Gasteiger partial charge in [-0.2, -0.15) is 18.3 Å². The van der Waals surface area contributed by atoms with Crippen molar-refractivity contribution in [2.24, 2.45) is 0 Å². The van der Waals surface area contributed by atoms with Crippen LogP contribution in [0.1, 0.15) is 16.1 Å². The molecule has 0 amide bonds. The summed E-state index contributed by atoms with van der Waals surface area (Å²) >= 11 is 8.41. The van der Waals surface area contributed by atoms with E-state index in [4.69, 9.17) is 16.7 Å². The Labute approximate surface area is 188 Å². The van der Waals surface area contributed by atoms with Gasteiger partial charge in [0.25, 0.3) is 0 Å². The number of nitrogens with zero attached hydrogens (tertiary/aromatic N) is 2. The SMILES string of the molecule is O=C(O)Cc1cccc(-c2ccc(-c3cc(C(F)(F)F)n(Cc4ccc(Cl)s4)n3)s2)c1. The van der Waals surface area contributed by atoms with Crippen LogP contribution < -0.4 is 0 Å². The van der Waals surface area contributed by atoms with E-state index in [9.17, 15) is 18.0 Å². The van der Waals surface area contributed by atoms with Gasteiger partial charge in [0, 0.05) is 9.75 Å². The molecule has 0 bridgehead atoms. The highest BCUT2D eigenvalue weighted by molar-refractivity contribution is 7.18. The average molecular weight is 483 g/mol. The molecule has 4 aromatic rings. The number of hydrogen-bond donors (Lipinski definition) is 1. The first-order chi connectivity index (χ1) is 14.7. The molecule has 0 radical (unpaired) electrons. The number of carbonyl (C=O) groups is 1. The van der Waals surface area contributed by atoms with Gasteiger partial charge >= 0.3 is 12.1 Å².